The first kappa shape index (κ1) is 18.8. The number of likely N-dealkylation sites (tertiary alicyclic amines) is 1. The average Bonchev–Trinajstić information content (AvgIpc) is 3.10. The molecule has 2 aliphatic rings. The summed E-state index contributed by atoms with van der Waals surface area (Å²) < 4.78 is 10.7. The Morgan fingerprint density at radius 3 is 2.31 bits per heavy atom. The lowest BCUT2D eigenvalue weighted by molar-refractivity contribution is 0.161. The van der Waals surface area contributed by atoms with Crippen molar-refractivity contribution in [2.45, 2.75) is 25.7 Å². The van der Waals surface area contributed by atoms with Crippen molar-refractivity contribution < 1.29 is 14.3 Å². The zero-order chi connectivity index (χ0) is 18.4. The van der Waals surface area contributed by atoms with Crippen molar-refractivity contribution in [1.29, 1.82) is 0 Å². The Morgan fingerprint density at radius 2 is 1.73 bits per heavy atom. The number of rotatable bonds is 8. The summed E-state index contributed by atoms with van der Waals surface area (Å²) in [6, 6.07) is 6.23. The molecular weight excluding hydrogens is 330 g/mol. The van der Waals surface area contributed by atoms with Crippen LogP contribution in [0.1, 0.15) is 24.8 Å². The molecule has 0 unspecified atom stereocenters. The van der Waals surface area contributed by atoms with E-state index in [4.69, 9.17) is 9.47 Å². The van der Waals surface area contributed by atoms with E-state index >= 15 is 0 Å². The molecule has 0 aliphatic carbocycles. The Labute approximate surface area is 156 Å². The molecule has 0 atom stereocenters. The van der Waals surface area contributed by atoms with Crippen molar-refractivity contribution >= 4 is 6.03 Å². The van der Waals surface area contributed by atoms with Crippen molar-refractivity contribution in [2.24, 2.45) is 5.92 Å². The molecular formula is C20H31N3O3. The van der Waals surface area contributed by atoms with E-state index in [0.717, 1.165) is 63.1 Å². The standard InChI is InChI=1S/C20H31N3O3/c1-25-18-13-17(14-19(15-18)26-2)4-3-16-5-8-22(9-6-16)11-12-23-10-7-21-20(23)24/h13-16H,3-12H2,1-2H3,(H,21,24). The van der Waals surface area contributed by atoms with Crippen LogP contribution < -0.4 is 14.8 Å². The monoisotopic (exact) mass is 361 g/mol. The number of methoxy groups -OCH3 is 2. The van der Waals surface area contributed by atoms with E-state index in [1.54, 1.807) is 14.2 Å². The third kappa shape index (κ3) is 5.04. The summed E-state index contributed by atoms with van der Waals surface area (Å²) in [4.78, 5) is 16.0. The minimum Gasteiger partial charge on any atom is -0.497 e. The van der Waals surface area contributed by atoms with E-state index in [1.807, 2.05) is 11.0 Å². The number of benzene rings is 1. The minimum atomic E-state index is 0.0913. The quantitative estimate of drug-likeness (QED) is 0.772. The Kier molecular flexibility index (Phi) is 6.61. The van der Waals surface area contributed by atoms with Crippen LogP contribution in [-0.4, -0.2) is 69.3 Å². The van der Waals surface area contributed by atoms with Crippen LogP contribution in [0.2, 0.25) is 0 Å². The van der Waals surface area contributed by atoms with Crippen LogP contribution >= 0.6 is 0 Å². The zero-order valence-corrected chi connectivity index (χ0v) is 16.0. The van der Waals surface area contributed by atoms with Crippen molar-refractivity contribution in [3.63, 3.8) is 0 Å². The fraction of sp³-hybridized carbons (Fsp3) is 0.650. The lowest BCUT2D eigenvalue weighted by atomic mass is 9.90. The van der Waals surface area contributed by atoms with Gasteiger partial charge in [0.1, 0.15) is 11.5 Å². The van der Waals surface area contributed by atoms with Crippen LogP contribution in [0.5, 0.6) is 11.5 Å². The van der Waals surface area contributed by atoms with Gasteiger partial charge >= 0.3 is 6.03 Å². The molecule has 2 aliphatic heterocycles. The lowest BCUT2D eigenvalue weighted by Crippen LogP contribution is -2.40. The molecule has 6 heteroatoms. The second kappa shape index (κ2) is 9.12. The predicted octanol–water partition coefficient (Wildman–Crippen LogP) is 2.37. The first-order chi connectivity index (χ1) is 12.7. The molecule has 1 N–H and O–H groups in total. The van der Waals surface area contributed by atoms with Crippen molar-refractivity contribution in [3.8, 4) is 11.5 Å². The maximum Gasteiger partial charge on any atom is 0.317 e. The minimum absolute atomic E-state index is 0.0913. The van der Waals surface area contributed by atoms with Gasteiger partial charge in [0, 0.05) is 32.2 Å². The molecule has 2 amide bonds. The van der Waals surface area contributed by atoms with Gasteiger partial charge in [-0.05, 0) is 62.4 Å². The van der Waals surface area contributed by atoms with Gasteiger partial charge in [-0.2, -0.15) is 0 Å². The highest BCUT2D eigenvalue weighted by atomic mass is 16.5. The number of amides is 2. The summed E-state index contributed by atoms with van der Waals surface area (Å²) in [5.74, 6) is 2.50. The van der Waals surface area contributed by atoms with Gasteiger partial charge in [-0.25, -0.2) is 4.79 Å². The number of hydrogen-bond donors (Lipinski definition) is 1. The molecule has 0 spiro atoms. The Balaban J connectivity index is 1.39. The highest BCUT2D eigenvalue weighted by molar-refractivity contribution is 5.76. The SMILES string of the molecule is COc1cc(CCC2CCN(CCN3CCNC3=O)CC2)cc(OC)c1. The third-order valence-electron chi connectivity index (χ3n) is 5.59. The summed E-state index contributed by atoms with van der Waals surface area (Å²) in [6.07, 6.45) is 4.76. The molecule has 2 saturated heterocycles. The van der Waals surface area contributed by atoms with Gasteiger partial charge in [0.2, 0.25) is 0 Å². The first-order valence-corrected chi connectivity index (χ1v) is 9.65. The smallest absolute Gasteiger partial charge is 0.317 e. The summed E-state index contributed by atoms with van der Waals surface area (Å²) in [5, 5.41) is 2.86. The molecule has 1 aromatic carbocycles. The molecule has 26 heavy (non-hydrogen) atoms. The van der Waals surface area contributed by atoms with Gasteiger partial charge in [0.25, 0.3) is 0 Å². The van der Waals surface area contributed by atoms with Gasteiger partial charge in [0.15, 0.2) is 0 Å². The lowest BCUT2D eigenvalue weighted by Gasteiger charge is -2.32. The molecule has 0 aromatic heterocycles. The second-order valence-electron chi connectivity index (χ2n) is 7.26. The number of carbonyl (C=O) groups is 1. The maximum atomic E-state index is 11.6. The van der Waals surface area contributed by atoms with E-state index in [-0.39, 0.29) is 6.03 Å². The number of nitrogens with zero attached hydrogens (tertiary/aromatic N) is 2. The molecule has 0 bridgehead atoms. The van der Waals surface area contributed by atoms with Crippen LogP contribution in [0.15, 0.2) is 18.2 Å². The summed E-state index contributed by atoms with van der Waals surface area (Å²) in [7, 11) is 3.39. The fourth-order valence-electron chi connectivity index (χ4n) is 3.87. The molecule has 2 heterocycles. The van der Waals surface area contributed by atoms with E-state index in [9.17, 15) is 4.79 Å². The van der Waals surface area contributed by atoms with Crippen LogP contribution in [-0.2, 0) is 6.42 Å². The third-order valence-corrected chi connectivity index (χ3v) is 5.59. The van der Waals surface area contributed by atoms with Crippen molar-refractivity contribution in [3.05, 3.63) is 23.8 Å². The maximum absolute atomic E-state index is 11.6. The first-order valence-electron chi connectivity index (χ1n) is 9.65. The van der Waals surface area contributed by atoms with Crippen LogP contribution in [0, 0.1) is 5.92 Å². The van der Waals surface area contributed by atoms with Crippen molar-refractivity contribution in [2.75, 3.05) is 53.5 Å². The number of carbonyl (C=O) groups excluding carboxylic acids is 1. The molecule has 1 aromatic rings. The number of urea groups is 1. The number of ether oxygens (including phenoxy) is 2. The van der Waals surface area contributed by atoms with Gasteiger partial charge < -0.3 is 24.6 Å². The summed E-state index contributed by atoms with van der Waals surface area (Å²) in [5.41, 5.74) is 1.28. The van der Waals surface area contributed by atoms with E-state index in [1.165, 1.54) is 24.8 Å². The summed E-state index contributed by atoms with van der Waals surface area (Å²) in [6.45, 7) is 5.76. The molecule has 0 saturated carbocycles. The van der Waals surface area contributed by atoms with E-state index < -0.39 is 0 Å². The normalized spacial score (nSPS) is 18.8. The number of piperidine rings is 1. The van der Waals surface area contributed by atoms with E-state index in [0.29, 0.717) is 0 Å². The molecule has 6 nitrogen and oxygen atoms in total. The Bertz CT molecular complexity index is 578. The fourth-order valence-corrected chi connectivity index (χ4v) is 3.87. The van der Waals surface area contributed by atoms with Crippen LogP contribution in [0.3, 0.4) is 0 Å². The average molecular weight is 361 g/mol. The Morgan fingerprint density at radius 1 is 1.04 bits per heavy atom. The molecule has 3 rings (SSSR count). The molecule has 0 radical (unpaired) electrons. The summed E-state index contributed by atoms with van der Waals surface area (Å²) >= 11 is 0. The number of nitrogens with one attached hydrogen (secondary N) is 1. The predicted molar refractivity (Wildman–Crippen MR) is 102 cm³/mol. The van der Waals surface area contributed by atoms with Crippen molar-refractivity contribution in [1.82, 2.24) is 15.1 Å². The van der Waals surface area contributed by atoms with Crippen LogP contribution in [0.4, 0.5) is 4.79 Å². The Hall–Kier alpha value is -1.95. The van der Waals surface area contributed by atoms with Gasteiger partial charge in [0.05, 0.1) is 14.2 Å². The number of hydrogen-bond acceptors (Lipinski definition) is 4. The highest BCUT2D eigenvalue weighted by Gasteiger charge is 2.22. The van der Waals surface area contributed by atoms with Crippen LogP contribution in [0.25, 0.3) is 0 Å². The molecule has 2 fully saturated rings. The molecule has 144 valence electrons. The van der Waals surface area contributed by atoms with E-state index in [2.05, 4.69) is 22.3 Å². The highest BCUT2D eigenvalue weighted by Crippen LogP contribution is 2.26. The second-order valence-corrected chi connectivity index (χ2v) is 7.26. The largest absolute Gasteiger partial charge is 0.497 e. The van der Waals surface area contributed by atoms with Gasteiger partial charge in [-0.15, -0.1) is 0 Å². The zero-order valence-electron chi connectivity index (χ0n) is 16.0. The van der Waals surface area contributed by atoms with Gasteiger partial charge in [-0.3, -0.25) is 0 Å². The topological polar surface area (TPSA) is 54.0 Å². The van der Waals surface area contributed by atoms with Gasteiger partial charge in [-0.1, -0.05) is 0 Å². The number of aryl methyl sites for hydroxylation is 1.